The van der Waals surface area contributed by atoms with Crippen molar-refractivity contribution in [2.75, 3.05) is 20.1 Å². The molecule has 2 fully saturated rings. The van der Waals surface area contributed by atoms with Crippen LogP contribution >= 0.6 is 11.6 Å². The lowest BCUT2D eigenvalue weighted by Crippen LogP contribution is -2.47. The first-order valence-electron chi connectivity index (χ1n) is 8.94. The maximum absolute atomic E-state index is 13.2. The van der Waals surface area contributed by atoms with Gasteiger partial charge in [0.25, 0.3) is 0 Å². The molecule has 2 saturated heterocycles. The molecule has 3 rings (SSSR count). The third-order valence-electron chi connectivity index (χ3n) is 5.61. The van der Waals surface area contributed by atoms with Crippen LogP contribution in [0.1, 0.15) is 37.8 Å². The van der Waals surface area contributed by atoms with E-state index in [1.165, 1.54) is 0 Å². The van der Waals surface area contributed by atoms with Crippen LogP contribution in [0.3, 0.4) is 0 Å². The van der Waals surface area contributed by atoms with E-state index in [1.54, 1.807) is 18.0 Å². The normalized spacial score (nSPS) is 28.3. The SMILES string of the molecule is CC(N)C1CCCN(C(=O)C2CC(=O)N(C)C2c2cccc(Cl)c2)C1. The number of amides is 2. The molecule has 5 nitrogen and oxygen atoms in total. The summed E-state index contributed by atoms with van der Waals surface area (Å²) in [5.74, 6) is 0.0389. The molecule has 2 N–H and O–H groups in total. The van der Waals surface area contributed by atoms with E-state index in [-0.39, 0.29) is 36.2 Å². The minimum absolute atomic E-state index is 0.00378. The topological polar surface area (TPSA) is 66.6 Å². The minimum atomic E-state index is -0.359. The number of nitrogens with two attached hydrogens (primary N) is 1. The van der Waals surface area contributed by atoms with Crippen LogP contribution in [0.5, 0.6) is 0 Å². The summed E-state index contributed by atoms with van der Waals surface area (Å²) < 4.78 is 0. The molecule has 2 aliphatic rings. The molecule has 0 radical (unpaired) electrons. The highest BCUT2D eigenvalue weighted by Gasteiger charge is 2.44. The monoisotopic (exact) mass is 363 g/mol. The number of carbonyl (C=O) groups is 2. The summed E-state index contributed by atoms with van der Waals surface area (Å²) in [7, 11) is 1.77. The molecule has 4 unspecified atom stereocenters. The third-order valence-corrected chi connectivity index (χ3v) is 5.84. The summed E-state index contributed by atoms with van der Waals surface area (Å²) >= 11 is 6.12. The van der Waals surface area contributed by atoms with Crippen molar-refractivity contribution in [2.24, 2.45) is 17.6 Å². The summed E-state index contributed by atoms with van der Waals surface area (Å²) in [6.07, 6.45) is 2.28. The molecular formula is C19H26ClN3O2. The van der Waals surface area contributed by atoms with Crippen LogP contribution in [0.15, 0.2) is 24.3 Å². The Labute approximate surface area is 154 Å². The van der Waals surface area contributed by atoms with Gasteiger partial charge in [-0.2, -0.15) is 0 Å². The second-order valence-corrected chi connectivity index (χ2v) is 7.80. The Bertz CT molecular complexity index is 664. The highest BCUT2D eigenvalue weighted by atomic mass is 35.5. The maximum Gasteiger partial charge on any atom is 0.228 e. The minimum Gasteiger partial charge on any atom is -0.342 e. The zero-order valence-corrected chi connectivity index (χ0v) is 15.6. The van der Waals surface area contributed by atoms with Crippen molar-refractivity contribution in [2.45, 2.75) is 38.3 Å². The Morgan fingerprint density at radius 2 is 2.16 bits per heavy atom. The number of hydrogen-bond donors (Lipinski definition) is 1. The Kier molecular flexibility index (Phi) is 5.35. The molecule has 2 amide bonds. The Morgan fingerprint density at radius 3 is 2.84 bits per heavy atom. The molecule has 136 valence electrons. The van der Waals surface area contributed by atoms with Gasteiger partial charge in [-0.15, -0.1) is 0 Å². The van der Waals surface area contributed by atoms with Crippen molar-refractivity contribution in [3.05, 3.63) is 34.9 Å². The fourth-order valence-electron chi connectivity index (χ4n) is 4.11. The number of likely N-dealkylation sites (tertiary alicyclic amines) is 2. The van der Waals surface area contributed by atoms with E-state index in [2.05, 4.69) is 0 Å². The molecule has 0 spiro atoms. The van der Waals surface area contributed by atoms with E-state index in [0.29, 0.717) is 17.5 Å². The molecule has 0 bridgehead atoms. The Hall–Kier alpha value is -1.59. The quantitative estimate of drug-likeness (QED) is 0.896. The molecule has 2 heterocycles. The first kappa shape index (κ1) is 18.2. The first-order chi connectivity index (χ1) is 11.9. The average molecular weight is 364 g/mol. The predicted molar refractivity (Wildman–Crippen MR) is 98.0 cm³/mol. The number of halogens is 1. The predicted octanol–water partition coefficient (Wildman–Crippen LogP) is 2.45. The molecule has 2 aliphatic heterocycles. The van der Waals surface area contributed by atoms with Crippen LogP contribution in [0.2, 0.25) is 5.02 Å². The molecule has 1 aromatic rings. The van der Waals surface area contributed by atoms with Crippen molar-refractivity contribution in [1.29, 1.82) is 0 Å². The van der Waals surface area contributed by atoms with E-state index < -0.39 is 0 Å². The highest BCUT2D eigenvalue weighted by Crippen LogP contribution is 2.39. The maximum atomic E-state index is 13.2. The van der Waals surface area contributed by atoms with Gasteiger partial charge in [0.15, 0.2) is 0 Å². The second kappa shape index (κ2) is 7.34. The molecular weight excluding hydrogens is 338 g/mol. The van der Waals surface area contributed by atoms with Crippen LogP contribution in [0.4, 0.5) is 0 Å². The summed E-state index contributed by atoms with van der Waals surface area (Å²) in [6.45, 7) is 3.44. The number of rotatable bonds is 3. The Morgan fingerprint density at radius 1 is 1.40 bits per heavy atom. The summed E-state index contributed by atoms with van der Waals surface area (Å²) in [4.78, 5) is 29.1. The molecule has 0 aromatic heterocycles. The number of piperidine rings is 1. The Balaban J connectivity index is 1.83. The van der Waals surface area contributed by atoms with E-state index in [9.17, 15) is 9.59 Å². The third kappa shape index (κ3) is 3.67. The van der Waals surface area contributed by atoms with Crippen LogP contribution in [0, 0.1) is 11.8 Å². The first-order valence-corrected chi connectivity index (χ1v) is 9.31. The number of benzene rings is 1. The molecule has 6 heteroatoms. The van der Waals surface area contributed by atoms with Crippen molar-refractivity contribution >= 4 is 23.4 Å². The van der Waals surface area contributed by atoms with Gasteiger partial charge in [0.1, 0.15) is 0 Å². The molecule has 1 aromatic carbocycles. The fourth-order valence-corrected chi connectivity index (χ4v) is 4.31. The highest BCUT2D eigenvalue weighted by molar-refractivity contribution is 6.30. The molecule has 0 saturated carbocycles. The second-order valence-electron chi connectivity index (χ2n) is 7.36. The van der Waals surface area contributed by atoms with Gasteiger partial charge in [0.2, 0.25) is 11.8 Å². The summed E-state index contributed by atoms with van der Waals surface area (Å²) in [6, 6.07) is 7.27. The van der Waals surface area contributed by atoms with Crippen LogP contribution in [-0.4, -0.2) is 47.8 Å². The van der Waals surface area contributed by atoms with E-state index in [4.69, 9.17) is 17.3 Å². The van der Waals surface area contributed by atoms with Crippen molar-refractivity contribution < 1.29 is 9.59 Å². The van der Waals surface area contributed by atoms with Gasteiger partial charge in [0.05, 0.1) is 12.0 Å². The number of hydrogen-bond acceptors (Lipinski definition) is 3. The van der Waals surface area contributed by atoms with Gasteiger partial charge >= 0.3 is 0 Å². The summed E-state index contributed by atoms with van der Waals surface area (Å²) in [5.41, 5.74) is 6.96. The fraction of sp³-hybridized carbons (Fsp3) is 0.579. The van der Waals surface area contributed by atoms with Crippen molar-refractivity contribution in [3.8, 4) is 0 Å². The lowest BCUT2D eigenvalue weighted by Gasteiger charge is -2.37. The van der Waals surface area contributed by atoms with Crippen molar-refractivity contribution in [1.82, 2.24) is 9.80 Å². The molecule has 4 atom stereocenters. The van der Waals surface area contributed by atoms with Gasteiger partial charge in [-0.1, -0.05) is 23.7 Å². The summed E-state index contributed by atoms with van der Waals surface area (Å²) in [5, 5.41) is 0.617. The zero-order valence-electron chi connectivity index (χ0n) is 14.8. The van der Waals surface area contributed by atoms with Gasteiger partial charge in [0, 0.05) is 37.6 Å². The lowest BCUT2D eigenvalue weighted by atomic mass is 9.88. The van der Waals surface area contributed by atoms with Gasteiger partial charge in [-0.05, 0) is 43.4 Å². The van der Waals surface area contributed by atoms with Crippen molar-refractivity contribution in [3.63, 3.8) is 0 Å². The van der Waals surface area contributed by atoms with Crippen LogP contribution in [0.25, 0.3) is 0 Å². The van der Waals surface area contributed by atoms with Gasteiger partial charge in [-0.25, -0.2) is 0 Å². The zero-order chi connectivity index (χ0) is 18.1. The van der Waals surface area contributed by atoms with E-state index in [0.717, 1.165) is 24.9 Å². The largest absolute Gasteiger partial charge is 0.342 e. The standard InChI is InChI=1S/C19H26ClN3O2/c1-12(21)14-6-4-8-23(11-14)19(25)16-10-17(24)22(2)18(16)13-5-3-7-15(20)9-13/h3,5,7,9,12,14,16,18H,4,6,8,10-11,21H2,1-2H3. The van der Waals surface area contributed by atoms with Gasteiger partial charge in [-0.3, -0.25) is 9.59 Å². The molecule has 0 aliphatic carbocycles. The van der Waals surface area contributed by atoms with E-state index >= 15 is 0 Å². The van der Waals surface area contributed by atoms with E-state index in [1.807, 2.05) is 30.0 Å². The van der Waals surface area contributed by atoms with Gasteiger partial charge < -0.3 is 15.5 Å². The average Bonchev–Trinajstić information content (AvgIpc) is 2.89. The van der Waals surface area contributed by atoms with Crippen LogP contribution in [-0.2, 0) is 9.59 Å². The molecule has 25 heavy (non-hydrogen) atoms. The number of carbonyl (C=O) groups excluding carboxylic acids is 2. The van der Waals surface area contributed by atoms with Crippen LogP contribution < -0.4 is 5.73 Å². The smallest absolute Gasteiger partial charge is 0.228 e. The lowest BCUT2D eigenvalue weighted by molar-refractivity contribution is -0.138. The number of nitrogens with zero attached hydrogens (tertiary/aromatic N) is 2.